The number of nitrogens with zero attached hydrogens (tertiary/aromatic N) is 2. The van der Waals surface area contributed by atoms with Gasteiger partial charge in [-0.2, -0.15) is 0 Å². The largest absolute Gasteiger partial charge is 0.376 e. The number of aryl methyl sites for hydroxylation is 1. The van der Waals surface area contributed by atoms with Crippen LogP contribution in [-0.2, 0) is 4.74 Å². The fraction of sp³-hybridized carbons (Fsp3) is 0.353. The summed E-state index contributed by atoms with van der Waals surface area (Å²) in [7, 11) is 0. The summed E-state index contributed by atoms with van der Waals surface area (Å²) < 4.78 is 5.56. The second-order valence-corrected chi connectivity index (χ2v) is 6.63. The van der Waals surface area contributed by atoms with E-state index in [1.165, 1.54) is 0 Å². The highest BCUT2D eigenvalue weighted by molar-refractivity contribution is 6.42. The molecule has 25 heavy (non-hydrogen) atoms. The van der Waals surface area contributed by atoms with Gasteiger partial charge in [0, 0.05) is 24.5 Å². The lowest BCUT2D eigenvalue weighted by molar-refractivity contribution is 0.102. The summed E-state index contributed by atoms with van der Waals surface area (Å²) >= 11 is 11.8. The molecule has 1 saturated heterocycles. The first kappa shape index (κ1) is 17.9. The van der Waals surface area contributed by atoms with Crippen molar-refractivity contribution in [1.29, 1.82) is 0 Å². The van der Waals surface area contributed by atoms with Gasteiger partial charge >= 0.3 is 0 Å². The molecule has 2 heterocycles. The molecule has 1 aromatic heterocycles. The van der Waals surface area contributed by atoms with E-state index in [0.29, 0.717) is 33.9 Å². The molecule has 2 aromatic rings. The molecule has 0 radical (unpaired) electrons. The van der Waals surface area contributed by atoms with Crippen LogP contribution < -0.4 is 10.6 Å². The van der Waals surface area contributed by atoms with E-state index in [4.69, 9.17) is 27.9 Å². The minimum Gasteiger partial charge on any atom is -0.376 e. The van der Waals surface area contributed by atoms with Gasteiger partial charge < -0.3 is 15.4 Å². The number of halogens is 2. The third-order valence-electron chi connectivity index (χ3n) is 3.78. The first-order chi connectivity index (χ1) is 12.0. The van der Waals surface area contributed by atoms with Crippen LogP contribution in [0.3, 0.4) is 0 Å². The number of rotatable bonds is 5. The van der Waals surface area contributed by atoms with Crippen molar-refractivity contribution in [2.45, 2.75) is 25.9 Å². The Bertz CT molecular complexity index is 779. The third-order valence-corrected chi connectivity index (χ3v) is 4.52. The molecule has 1 aliphatic rings. The van der Waals surface area contributed by atoms with Crippen LogP contribution in [-0.4, -0.2) is 35.1 Å². The number of amides is 1. The molecule has 1 unspecified atom stereocenters. The average Bonchev–Trinajstić information content (AvgIpc) is 3.09. The van der Waals surface area contributed by atoms with Gasteiger partial charge in [0.05, 0.1) is 16.1 Å². The molecule has 2 N–H and O–H groups in total. The van der Waals surface area contributed by atoms with Gasteiger partial charge in [-0.1, -0.05) is 23.2 Å². The molecule has 1 aliphatic heterocycles. The Labute approximate surface area is 155 Å². The van der Waals surface area contributed by atoms with Gasteiger partial charge in [0.15, 0.2) is 0 Å². The van der Waals surface area contributed by atoms with E-state index >= 15 is 0 Å². The maximum atomic E-state index is 12.4. The Morgan fingerprint density at radius 2 is 2.12 bits per heavy atom. The molecule has 0 saturated carbocycles. The lowest BCUT2D eigenvalue weighted by Crippen LogP contribution is -2.21. The van der Waals surface area contributed by atoms with Crippen LogP contribution in [0.4, 0.5) is 11.6 Å². The quantitative estimate of drug-likeness (QED) is 0.821. The number of benzene rings is 1. The number of ether oxygens (including phenoxy) is 1. The summed E-state index contributed by atoms with van der Waals surface area (Å²) in [6.45, 7) is 3.23. The van der Waals surface area contributed by atoms with E-state index < -0.39 is 0 Å². The molecule has 132 valence electrons. The fourth-order valence-electron chi connectivity index (χ4n) is 2.54. The zero-order valence-electron chi connectivity index (χ0n) is 13.7. The summed E-state index contributed by atoms with van der Waals surface area (Å²) in [5.41, 5.74) is 1.52. The van der Waals surface area contributed by atoms with Crippen LogP contribution in [0, 0.1) is 6.92 Å². The van der Waals surface area contributed by atoms with Gasteiger partial charge in [-0.3, -0.25) is 4.79 Å². The lowest BCUT2D eigenvalue weighted by atomic mass is 10.2. The number of carbonyl (C=O) groups is 1. The van der Waals surface area contributed by atoms with Gasteiger partial charge in [0.2, 0.25) is 5.95 Å². The minimum absolute atomic E-state index is 0.164. The highest BCUT2D eigenvalue weighted by atomic mass is 35.5. The number of aromatic nitrogens is 2. The topological polar surface area (TPSA) is 76.1 Å². The molecular formula is C17H18Cl2N4O2. The third kappa shape index (κ3) is 4.81. The van der Waals surface area contributed by atoms with E-state index in [-0.39, 0.29) is 17.7 Å². The van der Waals surface area contributed by atoms with Gasteiger partial charge in [-0.25, -0.2) is 9.97 Å². The monoisotopic (exact) mass is 380 g/mol. The molecule has 1 atom stereocenters. The molecule has 6 nitrogen and oxygen atoms in total. The maximum absolute atomic E-state index is 12.4. The highest BCUT2D eigenvalue weighted by Crippen LogP contribution is 2.25. The summed E-state index contributed by atoms with van der Waals surface area (Å²) in [6.07, 6.45) is 2.25. The standard InChI is InChI=1S/C17H18Cl2N4O2/c1-10-7-15(16(24)22-11-4-5-13(18)14(19)8-11)23-17(21-10)20-9-12-3-2-6-25-12/h4-5,7-8,12H,2-3,6,9H2,1H3,(H,22,24)(H,20,21,23). The number of nitrogens with one attached hydrogen (secondary N) is 2. The molecule has 0 bridgehead atoms. The number of hydrogen-bond acceptors (Lipinski definition) is 5. The number of anilines is 2. The Morgan fingerprint density at radius 1 is 1.28 bits per heavy atom. The zero-order valence-corrected chi connectivity index (χ0v) is 15.2. The van der Waals surface area contributed by atoms with E-state index in [2.05, 4.69) is 20.6 Å². The van der Waals surface area contributed by atoms with Crippen LogP contribution in [0.25, 0.3) is 0 Å². The Hall–Kier alpha value is -1.89. The van der Waals surface area contributed by atoms with E-state index in [1.54, 1.807) is 24.3 Å². The van der Waals surface area contributed by atoms with Gasteiger partial charge in [-0.15, -0.1) is 0 Å². The molecule has 1 aromatic carbocycles. The van der Waals surface area contributed by atoms with Crippen LogP contribution in [0.5, 0.6) is 0 Å². The molecule has 1 fully saturated rings. The van der Waals surface area contributed by atoms with Crippen molar-refractivity contribution in [2.24, 2.45) is 0 Å². The Balaban J connectivity index is 1.69. The second kappa shape index (κ2) is 7.99. The van der Waals surface area contributed by atoms with Crippen LogP contribution in [0.15, 0.2) is 24.3 Å². The summed E-state index contributed by atoms with van der Waals surface area (Å²) in [5.74, 6) is 0.0684. The molecule has 0 spiro atoms. The molecule has 3 rings (SSSR count). The zero-order chi connectivity index (χ0) is 17.8. The van der Waals surface area contributed by atoms with Crippen molar-refractivity contribution < 1.29 is 9.53 Å². The first-order valence-electron chi connectivity index (χ1n) is 7.99. The minimum atomic E-state index is -0.343. The predicted molar refractivity (Wildman–Crippen MR) is 98.6 cm³/mol. The second-order valence-electron chi connectivity index (χ2n) is 5.82. The first-order valence-corrected chi connectivity index (χ1v) is 8.74. The predicted octanol–water partition coefficient (Wildman–Crippen LogP) is 3.94. The van der Waals surface area contributed by atoms with Gasteiger partial charge in [0.25, 0.3) is 5.91 Å². The van der Waals surface area contributed by atoms with Gasteiger partial charge in [-0.05, 0) is 44.0 Å². The van der Waals surface area contributed by atoms with E-state index in [9.17, 15) is 4.79 Å². The Morgan fingerprint density at radius 3 is 2.84 bits per heavy atom. The van der Waals surface area contributed by atoms with Crippen LogP contribution in [0.2, 0.25) is 10.0 Å². The van der Waals surface area contributed by atoms with E-state index in [1.807, 2.05) is 6.92 Å². The fourth-order valence-corrected chi connectivity index (χ4v) is 2.84. The average molecular weight is 381 g/mol. The molecule has 0 aliphatic carbocycles. The van der Waals surface area contributed by atoms with Gasteiger partial charge in [0.1, 0.15) is 5.69 Å². The van der Waals surface area contributed by atoms with Crippen molar-refractivity contribution in [1.82, 2.24) is 9.97 Å². The van der Waals surface area contributed by atoms with Crippen molar-refractivity contribution in [3.05, 3.63) is 45.7 Å². The van der Waals surface area contributed by atoms with Crippen molar-refractivity contribution >= 4 is 40.7 Å². The summed E-state index contributed by atoms with van der Waals surface area (Å²) in [6, 6.07) is 6.52. The normalized spacial score (nSPS) is 16.7. The Kier molecular flexibility index (Phi) is 5.73. The summed E-state index contributed by atoms with van der Waals surface area (Å²) in [4.78, 5) is 21.0. The lowest BCUT2D eigenvalue weighted by Gasteiger charge is -2.12. The summed E-state index contributed by atoms with van der Waals surface area (Å²) in [5, 5.41) is 6.69. The van der Waals surface area contributed by atoms with Crippen molar-refractivity contribution in [3.63, 3.8) is 0 Å². The van der Waals surface area contributed by atoms with E-state index in [0.717, 1.165) is 19.4 Å². The van der Waals surface area contributed by atoms with Crippen molar-refractivity contribution in [2.75, 3.05) is 23.8 Å². The van der Waals surface area contributed by atoms with Crippen LogP contribution in [0.1, 0.15) is 29.0 Å². The van der Waals surface area contributed by atoms with Crippen LogP contribution >= 0.6 is 23.2 Å². The maximum Gasteiger partial charge on any atom is 0.274 e. The van der Waals surface area contributed by atoms with Crippen molar-refractivity contribution in [3.8, 4) is 0 Å². The number of carbonyl (C=O) groups excluding carboxylic acids is 1. The molecule has 8 heteroatoms. The highest BCUT2D eigenvalue weighted by Gasteiger charge is 2.16. The molecular weight excluding hydrogens is 363 g/mol. The smallest absolute Gasteiger partial charge is 0.274 e. The molecule has 1 amide bonds. The number of hydrogen-bond donors (Lipinski definition) is 2. The SMILES string of the molecule is Cc1cc(C(=O)Nc2ccc(Cl)c(Cl)c2)nc(NCC2CCCO2)n1.